The van der Waals surface area contributed by atoms with Crippen LogP contribution in [0.25, 0.3) is 0 Å². The number of hydrogen-bond acceptors (Lipinski definition) is 2. The van der Waals surface area contributed by atoms with Crippen LogP contribution in [0.1, 0.15) is 33.1 Å². The Labute approximate surface area is 96.4 Å². The number of likely N-dealkylation sites (tertiary alicyclic amines) is 1. The minimum absolute atomic E-state index is 0.103. The molecule has 0 aliphatic carbocycles. The Morgan fingerprint density at radius 1 is 1.47 bits per heavy atom. The second kappa shape index (κ2) is 5.17. The van der Waals surface area contributed by atoms with Crippen LogP contribution >= 0.6 is 11.6 Å². The fourth-order valence-corrected chi connectivity index (χ4v) is 1.88. The zero-order valence-electron chi connectivity index (χ0n) is 9.50. The minimum atomic E-state index is -0.489. The van der Waals surface area contributed by atoms with Gasteiger partial charge in [0.05, 0.1) is 11.5 Å². The molecule has 1 N–H and O–H groups in total. The fourth-order valence-electron chi connectivity index (χ4n) is 1.77. The number of nitrogens with zero attached hydrogens (tertiary/aromatic N) is 1. The Bertz CT molecular complexity index is 231. The number of halogens is 1. The SMILES string of the molecule is CC(C)(CCl)C(=O)N1CCCC(O)CC1. The van der Waals surface area contributed by atoms with Crippen molar-refractivity contribution < 1.29 is 9.90 Å². The van der Waals surface area contributed by atoms with Crippen molar-refractivity contribution in [1.82, 2.24) is 4.90 Å². The molecule has 0 aromatic heterocycles. The summed E-state index contributed by atoms with van der Waals surface area (Å²) in [5.41, 5.74) is -0.489. The quantitative estimate of drug-likeness (QED) is 0.737. The molecule has 1 unspecified atom stereocenters. The first kappa shape index (κ1) is 12.8. The van der Waals surface area contributed by atoms with Gasteiger partial charge in [0.1, 0.15) is 0 Å². The molecule has 0 saturated carbocycles. The minimum Gasteiger partial charge on any atom is -0.393 e. The molecule has 1 heterocycles. The van der Waals surface area contributed by atoms with Crippen LogP contribution in [-0.2, 0) is 4.79 Å². The van der Waals surface area contributed by atoms with Gasteiger partial charge < -0.3 is 10.0 Å². The van der Waals surface area contributed by atoms with Crippen LogP contribution < -0.4 is 0 Å². The maximum atomic E-state index is 12.1. The lowest BCUT2D eigenvalue weighted by molar-refractivity contribution is -0.139. The molecule has 1 fully saturated rings. The van der Waals surface area contributed by atoms with Crippen molar-refractivity contribution in [3.05, 3.63) is 0 Å². The summed E-state index contributed by atoms with van der Waals surface area (Å²) < 4.78 is 0. The number of aliphatic hydroxyl groups is 1. The third-order valence-corrected chi connectivity index (χ3v) is 3.57. The maximum absolute atomic E-state index is 12.1. The van der Waals surface area contributed by atoms with Gasteiger partial charge in [0, 0.05) is 19.0 Å². The van der Waals surface area contributed by atoms with Gasteiger partial charge in [-0.05, 0) is 33.1 Å². The van der Waals surface area contributed by atoms with E-state index < -0.39 is 5.41 Å². The number of rotatable bonds is 2. The molecular weight excluding hydrogens is 214 g/mol. The van der Waals surface area contributed by atoms with E-state index in [1.807, 2.05) is 18.7 Å². The van der Waals surface area contributed by atoms with Crippen LogP contribution in [0, 0.1) is 5.41 Å². The number of carbonyl (C=O) groups is 1. The second-order valence-corrected chi connectivity index (χ2v) is 5.16. The van der Waals surface area contributed by atoms with Crippen molar-refractivity contribution in [3.8, 4) is 0 Å². The molecule has 0 aromatic rings. The van der Waals surface area contributed by atoms with Crippen LogP contribution in [0.5, 0.6) is 0 Å². The number of carbonyl (C=O) groups excluding carboxylic acids is 1. The number of hydrogen-bond donors (Lipinski definition) is 1. The van der Waals surface area contributed by atoms with E-state index in [4.69, 9.17) is 11.6 Å². The average Bonchev–Trinajstić information content (AvgIpc) is 2.42. The van der Waals surface area contributed by atoms with E-state index in [0.717, 1.165) is 19.4 Å². The first-order valence-electron chi connectivity index (χ1n) is 5.51. The predicted molar refractivity (Wildman–Crippen MR) is 60.9 cm³/mol. The normalized spacial score (nSPS) is 23.7. The molecule has 4 heteroatoms. The Morgan fingerprint density at radius 3 is 2.73 bits per heavy atom. The molecular formula is C11H20ClNO2. The van der Waals surface area contributed by atoms with E-state index in [9.17, 15) is 9.90 Å². The molecule has 88 valence electrons. The standard InChI is InChI=1S/C11H20ClNO2/c1-11(2,8-12)10(15)13-6-3-4-9(14)5-7-13/h9,14H,3-8H2,1-2H3. The van der Waals surface area contributed by atoms with E-state index in [0.29, 0.717) is 18.8 Å². The van der Waals surface area contributed by atoms with Crippen LogP contribution in [-0.4, -0.2) is 41.0 Å². The smallest absolute Gasteiger partial charge is 0.229 e. The lowest BCUT2D eigenvalue weighted by Crippen LogP contribution is -2.42. The lowest BCUT2D eigenvalue weighted by atomic mass is 9.94. The third-order valence-electron chi connectivity index (χ3n) is 2.90. The molecule has 0 radical (unpaired) electrons. The maximum Gasteiger partial charge on any atom is 0.229 e. The molecule has 0 aromatic carbocycles. The van der Waals surface area contributed by atoms with Gasteiger partial charge in [0.15, 0.2) is 0 Å². The molecule has 1 aliphatic rings. The van der Waals surface area contributed by atoms with Crippen molar-refractivity contribution >= 4 is 17.5 Å². The summed E-state index contributed by atoms with van der Waals surface area (Å²) in [6.45, 7) is 5.13. The summed E-state index contributed by atoms with van der Waals surface area (Å²) in [4.78, 5) is 13.9. The van der Waals surface area contributed by atoms with E-state index >= 15 is 0 Å². The zero-order chi connectivity index (χ0) is 11.5. The number of alkyl halides is 1. The predicted octanol–water partition coefficient (Wildman–Crippen LogP) is 1.62. The Morgan fingerprint density at radius 2 is 2.13 bits per heavy atom. The first-order chi connectivity index (χ1) is 6.97. The molecule has 0 spiro atoms. The molecule has 15 heavy (non-hydrogen) atoms. The van der Waals surface area contributed by atoms with E-state index in [1.165, 1.54) is 0 Å². The molecule has 1 saturated heterocycles. The van der Waals surface area contributed by atoms with Crippen LogP contribution in [0.15, 0.2) is 0 Å². The Kier molecular flexibility index (Phi) is 4.41. The van der Waals surface area contributed by atoms with Crippen molar-refractivity contribution in [2.45, 2.75) is 39.2 Å². The van der Waals surface area contributed by atoms with Crippen molar-refractivity contribution in [3.63, 3.8) is 0 Å². The average molecular weight is 234 g/mol. The van der Waals surface area contributed by atoms with Gasteiger partial charge in [-0.15, -0.1) is 11.6 Å². The summed E-state index contributed by atoms with van der Waals surface area (Å²) in [5.74, 6) is 0.442. The second-order valence-electron chi connectivity index (χ2n) is 4.89. The summed E-state index contributed by atoms with van der Waals surface area (Å²) in [6, 6.07) is 0. The van der Waals surface area contributed by atoms with Crippen molar-refractivity contribution in [2.24, 2.45) is 5.41 Å². The summed E-state index contributed by atoms with van der Waals surface area (Å²) in [7, 11) is 0. The lowest BCUT2D eigenvalue weighted by Gasteiger charge is -2.29. The monoisotopic (exact) mass is 233 g/mol. The van der Waals surface area contributed by atoms with Crippen LogP contribution in [0.4, 0.5) is 0 Å². The van der Waals surface area contributed by atoms with Gasteiger partial charge in [-0.3, -0.25) is 4.79 Å². The molecule has 1 atom stereocenters. The Hall–Kier alpha value is -0.280. The van der Waals surface area contributed by atoms with Gasteiger partial charge >= 0.3 is 0 Å². The van der Waals surface area contributed by atoms with Crippen LogP contribution in [0.3, 0.4) is 0 Å². The largest absolute Gasteiger partial charge is 0.393 e. The van der Waals surface area contributed by atoms with Gasteiger partial charge in [-0.2, -0.15) is 0 Å². The van der Waals surface area contributed by atoms with Crippen LogP contribution in [0.2, 0.25) is 0 Å². The van der Waals surface area contributed by atoms with Crippen molar-refractivity contribution in [1.29, 1.82) is 0 Å². The highest BCUT2D eigenvalue weighted by Crippen LogP contribution is 2.22. The van der Waals surface area contributed by atoms with E-state index in [2.05, 4.69) is 0 Å². The highest BCUT2D eigenvalue weighted by atomic mass is 35.5. The summed E-state index contributed by atoms with van der Waals surface area (Å²) >= 11 is 5.78. The van der Waals surface area contributed by atoms with Gasteiger partial charge in [-0.25, -0.2) is 0 Å². The third kappa shape index (κ3) is 3.35. The topological polar surface area (TPSA) is 40.5 Å². The molecule has 1 aliphatic heterocycles. The molecule has 1 rings (SSSR count). The number of amides is 1. The van der Waals surface area contributed by atoms with Gasteiger partial charge in [-0.1, -0.05) is 0 Å². The van der Waals surface area contributed by atoms with E-state index in [1.54, 1.807) is 0 Å². The van der Waals surface area contributed by atoms with E-state index in [-0.39, 0.29) is 12.0 Å². The fraction of sp³-hybridized carbons (Fsp3) is 0.909. The first-order valence-corrected chi connectivity index (χ1v) is 6.04. The highest BCUT2D eigenvalue weighted by molar-refractivity contribution is 6.19. The summed E-state index contributed by atoms with van der Waals surface area (Å²) in [5, 5.41) is 9.48. The molecule has 0 bridgehead atoms. The molecule has 3 nitrogen and oxygen atoms in total. The Balaban J connectivity index is 2.59. The highest BCUT2D eigenvalue weighted by Gasteiger charge is 2.31. The van der Waals surface area contributed by atoms with Gasteiger partial charge in [0.2, 0.25) is 5.91 Å². The number of aliphatic hydroxyl groups excluding tert-OH is 1. The molecule has 1 amide bonds. The zero-order valence-corrected chi connectivity index (χ0v) is 10.3. The summed E-state index contributed by atoms with van der Waals surface area (Å²) in [6.07, 6.45) is 2.11. The van der Waals surface area contributed by atoms with Crippen molar-refractivity contribution in [2.75, 3.05) is 19.0 Å². The van der Waals surface area contributed by atoms with Gasteiger partial charge in [0.25, 0.3) is 0 Å².